The van der Waals surface area contributed by atoms with Gasteiger partial charge in [0.25, 0.3) is 0 Å². The van der Waals surface area contributed by atoms with Crippen LogP contribution in [0.3, 0.4) is 0 Å². The van der Waals surface area contributed by atoms with Gasteiger partial charge in [0.1, 0.15) is 6.04 Å². The van der Waals surface area contributed by atoms with Crippen LogP contribution in [0, 0.1) is 6.92 Å². The highest BCUT2D eigenvalue weighted by atomic mass is 16.4. The zero-order valence-electron chi connectivity index (χ0n) is 11.5. The highest BCUT2D eigenvalue weighted by molar-refractivity contribution is 5.84. The summed E-state index contributed by atoms with van der Waals surface area (Å²) in [6, 6.07) is 7.00. The predicted octanol–water partition coefficient (Wildman–Crippen LogP) is 0.974. The first-order valence-electron chi connectivity index (χ1n) is 6.73. The van der Waals surface area contributed by atoms with E-state index >= 15 is 0 Å². The van der Waals surface area contributed by atoms with Crippen LogP contribution >= 0.6 is 0 Å². The largest absolute Gasteiger partial charge is 0.480 e. The number of rotatable bonds is 4. The van der Waals surface area contributed by atoms with Crippen molar-refractivity contribution in [3.63, 3.8) is 0 Å². The van der Waals surface area contributed by atoms with Gasteiger partial charge < -0.3 is 15.1 Å². The summed E-state index contributed by atoms with van der Waals surface area (Å²) >= 11 is 0. The number of carboxylic acids is 1. The minimum Gasteiger partial charge on any atom is -0.480 e. The number of amides is 1. The Morgan fingerprint density at radius 3 is 2.80 bits per heavy atom. The molecule has 0 aliphatic carbocycles. The summed E-state index contributed by atoms with van der Waals surface area (Å²) in [7, 11) is 0. The van der Waals surface area contributed by atoms with E-state index in [2.05, 4.69) is 0 Å². The van der Waals surface area contributed by atoms with Crippen LogP contribution < -0.4 is 0 Å². The number of hydrogen-bond acceptors (Lipinski definition) is 3. The molecule has 0 radical (unpaired) electrons. The van der Waals surface area contributed by atoms with Gasteiger partial charge in [-0.05, 0) is 18.9 Å². The van der Waals surface area contributed by atoms with Crippen molar-refractivity contribution in [2.75, 3.05) is 6.54 Å². The molecule has 1 saturated heterocycles. The smallest absolute Gasteiger partial charge is 0.326 e. The molecule has 1 aliphatic rings. The minimum absolute atomic E-state index is 0.115. The number of hydrogen-bond donors (Lipinski definition) is 2. The van der Waals surface area contributed by atoms with Gasteiger partial charge >= 0.3 is 5.97 Å². The molecule has 1 aromatic rings. The van der Waals surface area contributed by atoms with E-state index in [0.717, 1.165) is 11.1 Å². The van der Waals surface area contributed by atoms with E-state index in [-0.39, 0.29) is 25.3 Å². The first-order valence-corrected chi connectivity index (χ1v) is 6.73. The summed E-state index contributed by atoms with van der Waals surface area (Å²) in [5.74, 6) is -1.26. The molecule has 0 saturated carbocycles. The second kappa shape index (κ2) is 6.05. The molecule has 0 bridgehead atoms. The minimum atomic E-state index is -1.05. The van der Waals surface area contributed by atoms with Crippen molar-refractivity contribution in [3.8, 4) is 0 Å². The molecule has 0 spiro atoms. The van der Waals surface area contributed by atoms with E-state index in [9.17, 15) is 14.7 Å². The Labute approximate surface area is 117 Å². The molecule has 1 aliphatic heterocycles. The molecular formula is C15H19NO4. The van der Waals surface area contributed by atoms with Crippen molar-refractivity contribution in [1.82, 2.24) is 4.90 Å². The van der Waals surface area contributed by atoms with Gasteiger partial charge in [-0.25, -0.2) is 4.79 Å². The predicted molar refractivity (Wildman–Crippen MR) is 73.3 cm³/mol. The first kappa shape index (κ1) is 14.5. The quantitative estimate of drug-likeness (QED) is 0.859. The number of aryl methyl sites for hydroxylation is 2. The molecule has 20 heavy (non-hydrogen) atoms. The lowest BCUT2D eigenvalue weighted by atomic mass is 10.1. The van der Waals surface area contributed by atoms with Crippen molar-refractivity contribution in [2.24, 2.45) is 0 Å². The fourth-order valence-electron chi connectivity index (χ4n) is 2.59. The Morgan fingerprint density at radius 2 is 2.15 bits per heavy atom. The zero-order chi connectivity index (χ0) is 14.7. The van der Waals surface area contributed by atoms with Crippen LogP contribution in [-0.2, 0) is 16.0 Å². The van der Waals surface area contributed by atoms with Crippen LogP contribution in [0.15, 0.2) is 24.3 Å². The Morgan fingerprint density at radius 1 is 1.40 bits per heavy atom. The molecule has 1 amide bonds. The SMILES string of the molecule is Cc1cccc(CCC(=O)N2C[C@H](O)C[C@H]2C(=O)O)c1. The molecule has 2 N–H and O–H groups in total. The van der Waals surface area contributed by atoms with E-state index in [1.165, 1.54) is 4.90 Å². The molecule has 1 fully saturated rings. The van der Waals surface area contributed by atoms with Crippen LogP contribution in [-0.4, -0.2) is 45.7 Å². The molecular weight excluding hydrogens is 258 g/mol. The third-order valence-corrected chi connectivity index (χ3v) is 3.59. The number of likely N-dealkylation sites (tertiary alicyclic amines) is 1. The first-order chi connectivity index (χ1) is 9.47. The number of carbonyl (C=O) groups excluding carboxylic acids is 1. The van der Waals surface area contributed by atoms with Crippen LogP contribution in [0.4, 0.5) is 0 Å². The number of benzene rings is 1. The average molecular weight is 277 g/mol. The van der Waals surface area contributed by atoms with Crippen LogP contribution in [0.1, 0.15) is 24.0 Å². The number of β-amino-alcohol motifs (C(OH)–C–C–N with tert-alkyl or cyclic N) is 1. The van der Waals surface area contributed by atoms with E-state index in [1.54, 1.807) is 0 Å². The van der Waals surface area contributed by atoms with E-state index < -0.39 is 18.1 Å². The van der Waals surface area contributed by atoms with E-state index in [4.69, 9.17) is 5.11 Å². The second-order valence-corrected chi connectivity index (χ2v) is 5.28. The Kier molecular flexibility index (Phi) is 4.39. The van der Waals surface area contributed by atoms with Gasteiger partial charge in [-0.15, -0.1) is 0 Å². The molecule has 5 heteroatoms. The van der Waals surface area contributed by atoms with Gasteiger partial charge in [0.2, 0.25) is 5.91 Å². The van der Waals surface area contributed by atoms with Crippen molar-refractivity contribution in [1.29, 1.82) is 0 Å². The number of aliphatic carboxylic acids is 1. The van der Waals surface area contributed by atoms with Gasteiger partial charge in [-0.1, -0.05) is 29.8 Å². The monoisotopic (exact) mass is 277 g/mol. The van der Waals surface area contributed by atoms with Crippen molar-refractivity contribution < 1.29 is 19.8 Å². The maximum Gasteiger partial charge on any atom is 0.326 e. The zero-order valence-corrected chi connectivity index (χ0v) is 11.5. The van der Waals surface area contributed by atoms with Gasteiger partial charge in [0.15, 0.2) is 0 Å². The maximum atomic E-state index is 12.1. The van der Waals surface area contributed by atoms with Crippen molar-refractivity contribution in [2.45, 2.75) is 38.3 Å². The summed E-state index contributed by atoms with van der Waals surface area (Å²) in [6.45, 7) is 2.10. The van der Waals surface area contributed by atoms with Crippen molar-refractivity contribution in [3.05, 3.63) is 35.4 Å². The average Bonchev–Trinajstić information content (AvgIpc) is 2.78. The lowest BCUT2D eigenvalue weighted by molar-refractivity contribution is -0.148. The number of aliphatic hydroxyl groups is 1. The summed E-state index contributed by atoms with van der Waals surface area (Å²) in [6.07, 6.45) is 0.226. The van der Waals surface area contributed by atoms with Gasteiger partial charge in [0.05, 0.1) is 6.10 Å². The van der Waals surface area contributed by atoms with Gasteiger partial charge in [-0.2, -0.15) is 0 Å². The molecule has 0 aromatic heterocycles. The molecule has 5 nitrogen and oxygen atoms in total. The number of carboxylic acid groups (broad SMARTS) is 1. The molecule has 0 unspecified atom stereocenters. The molecule has 2 rings (SSSR count). The third kappa shape index (κ3) is 3.36. The fraction of sp³-hybridized carbons (Fsp3) is 0.467. The topological polar surface area (TPSA) is 77.8 Å². The maximum absolute atomic E-state index is 12.1. The number of carbonyl (C=O) groups is 2. The third-order valence-electron chi connectivity index (χ3n) is 3.59. The molecule has 2 atom stereocenters. The summed E-state index contributed by atoms with van der Waals surface area (Å²) in [5, 5.41) is 18.6. The number of aliphatic hydroxyl groups excluding tert-OH is 1. The highest BCUT2D eigenvalue weighted by Crippen LogP contribution is 2.20. The lowest BCUT2D eigenvalue weighted by Crippen LogP contribution is -2.40. The van der Waals surface area contributed by atoms with Gasteiger partial charge in [-0.3, -0.25) is 4.79 Å². The highest BCUT2D eigenvalue weighted by Gasteiger charge is 2.38. The molecule has 108 valence electrons. The lowest BCUT2D eigenvalue weighted by Gasteiger charge is -2.21. The van der Waals surface area contributed by atoms with Crippen molar-refractivity contribution >= 4 is 11.9 Å². The van der Waals surface area contributed by atoms with E-state index in [0.29, 0.717) is 6.42 Å². The van der Waals surface area contributed by atoms with Gasteiger partial charge in [0, 0.05) is 19.4 Å². The fourth-order valence-corrected chi connectivity index (χ4v) is 2.59. The summed E-state index contributed by atoms with van der Waals surface area (Å²) in [4.78, 5) is 24.5. The second-order valence-electron chi connectivity index (χ2n) is 5.28. The van der Waals surface area contributed by atoms with E-state index in [1.807, 2.05) is 31.2 Å². The Bertz CT molecular complexity index is 514. The summed E-state index contributed by atoms with van der Waals surface area (Å²) in [5.41, 5.74) is 2.19. The summed E-state index contributed by atoms with van der Waals surface area (Å²) < 4.78 is 0. The Balaban J connectivity index is 1.96. The number of nitrogens with zero attached hydrogens (tertiary/aromatic N) is 1. The molecule has 1 heterocycles. The molecule has 1 aromatic carbocycles. The van der Waals surface area contributed by atoms with Crippen LogP contribution in [0.2, 0.25) is 0 Å². The van der Waals surface area contributed by atoms with Crippen LogP contribution in [0.25, 0.3) is 0 Å². The Hall–Kier alpha value is -1.88. The standard InChI is InChI=1S/C15H19NO4/c1-10-3-2-4-11(7-10)5-6-14(18)16-9-12(17)8-13(16)15(19)20/h2-4,7,12-13,17H,5-6,8-9H2,1H3,(H,19,20)/t12-,13+/m1/s1. The normalized spacial score (nSPS) is 22.0. The van der Waals surface area contributed by atoms with Crippen LogP contribution in [0.5, 0.6) is 0 Å².